The van der Waals surface area contributed by atoms with Crippen LogP contribution in [0, 0.1) is 12.7 Å². The second-order valence-corrected chi connectivity index (χ2v) is 3.03. The molecule has 0 aliphatic rings. The Kier molecular flexibility index (Phi) is 2.80. The molecule has 0 saturated carbocycles. The number of halogens is 4. The fraction of sp³-hybridized carbons (Fsp3) is 0.333. The predicted molar refractivity (Wildman–Crippen MR) is 44.1 cm³/mol. The number of alkyl halides is 3. The average Bonchev–Trinajstić information content (AvgIpc) is 2.07. The first-order valence-electron chi connectivity index (χ1n) is 3.90. The van der Waals surface area contributed by atoms with Crippen molar-refractivity contribution in [3.63, 3.8) is 0 Å². The second kappa shape index (κ2) is 3.57. The number of nitrogens with two attached hydrogens (primary N) is 1. The van der Waals surface area contributed by atoms with E-state index in [1.54, 1.807) is 0 Å². The smallest absolute Gasteiger partial charge is 0.316 e. The van der Waals surface area contributed by atoms with Gasteiger partial charge >= 0.3 is 6.18 Å². The van der Waals surface area contributed by atoms with Crippen LogP contribution in [0.4, 0.5) is 17.6 Å². The lowest BCUT2D eigenvalue weighted by atomic mass is 10.1. The van der Waals surface area contributed by atoms with Crippen LogP contribution in [0.3, 0.4) is 0 Å². The van der Waals surface area contributed by atoms with E-state index >= 15 is 0 Å². The highest BCUT2D eigenvalue weighted by molar-refractivity contribution is 5.26. The number of rotatable bonds is 1. The SMILES string of the molecule is Cc1ccc([C@@H](N)C(F)(F)F)cc1F. The van der Waals surface area contributed by atoms with Crippen LogP contribution in [-0.4, -0.2) is 6.18 Å². The van der Waals surface area contributed by atoms with Crippen molar-refractivity contribution in [1.29, 1.82) is 0 Å². The molecule has 0 unspecified atom stereocenters. The minimum atomic E-state index is -4.54. The largest absolute Gasteiger partial charge is 0.407 e. The fourth-order valence-corrected chi connectivity index (χ4v) is 0.992. The molecule has 0 aliphatic heterocycles. The van der Waals surface area contributed by atoms with Crippen molar-refractivity contribution < 1.29 is 17.6 Å². The van der Waals surface area contributed by atoms with E-state index in [2.05, 4.69) is 0 Å². The molecule has 0 spiro atoms. The minimum absolute atomic E-state index is 0.263. The lowest BCUT2D eigenvalue weighted by Crippen LogP contribution is -2.28. The van der Waals surface area contributed by atoms with E-state index in [9.17, 15) is 17.6 Å². The van der Waals surface area contributed by atoms with Crippen LogP contribution in [-0.2, 0) is 0 Å². The van der Waals surface area contributed by atoms with Gasteiger partial charge in [0.25, 0.3) is 0 Å². The van der Waals surface area contributed by atoms with Gasteiger partial charge in [0.1, 0.15) is 11.9 Å². The Morgan fingerprint density at radius 2 is 1.86 bits per heavy atom. The first-order valence-corrected chi connectivity index (χ1v) is 3.90. The first-order chi connectivity index (χ1) is 6.32. The van der Waals surface area contributed by atoms with Gasteiger partial charge in [-0.25, -0.2) is 4.39 Å². The Balaban J connectivity index is 3.03. The van der Waals surface area contributed by atoms with Crippen LogP contribution in [0.5, 0.6) is 0 Å². The minimum Gasteiger partial charge on any atom is -0.316 e. The quantitative estimate of drug-likeness (QED) is 0.704. The zero-order valence-corrected chi connectivity index (χ0v) is 7.40. The summed E-state index contributed by atoms with van der Waals surface area (Å²) in [6, 6.07) is 1.14. The van der Waals surface area contributed by atoms with Crippen molar-refractivity contribution in [3.8, 4) is 0 Å². The molecule has 0 amide bonds. The van der Waals surface area contributed by atoms with E-state index in [0.717, 1.165) is 6.07 Å². The van der Waals surface area contributed by atoms with Gasteiger partial charge in [0.05, 0.1) is 0 Å². The molecule has 0 aliphatic carbocycles. The summed E-state index contributed by atoms with van der Waals surface area (Å²) < 4.78 is 49.3. The lowest BCUT2D eigenvalue weighted by Gasteiger charge is -2.16. The summed E-state index contributed by atoms with van der Waals surface area (Å²) in [4.78, 5) is 0. The molecule has 1 nitrogen and oxygen atoms in total. The van der Waals surface area contributed by atoms with Crippen LogP contribution >= 0.6 is 0 Å². The first kappa shape index (κ1) is 11.0. The molecule has 1 rings (SSSR count). The summed E-state index contributed by atoms with van der Waals surface area (Å²) in [5.74, 6) is -0.679. The van der Waals surface area contributed by atoms with Gasteiger partial charge in [0, 0.05) is 0 Å². The molecule has 1 atom stereocenters. The molecule has 0 radical (unpaired) electrons. The van der Waals surface area contributed by atoms with Crippen LogP contribution in [0.2, 0.25) is 0 Å². The van der Waals surface area contributed by atoms with E-state index in [1.165, 1.54) is 19.1 Å². The number of aryl methyl sites for hydroxylation is 1. The van der Waals surface area contributed by atoms with E-state index in [-0.39, 0.29) is 5.56 Å². The molecule has 0 saturated heterocycles. The van der Waals surface area contributed by atoms with Gasteiger partial charge in [-0.05, 0) is 24.1 Å². The third kappa shape index (κ3) is 2.23. The summed E-state index contributed by atoms with van der Waals surface area (Å²) in [6.07, 6.45) is -4.54. The van der Waals surface area contributed by atoms with Gasteiger partial charge in [-0.3, -0.25) is 0 Å². The highest BCUT2D eigenvalue weighted by atomic mass is 19.4. The Morgan fingerprint density at radius 1 is 1.29 bits per heavy atom. The molecule has 1 aromatic carbocycles. The van der Waals surface area contributed by atoms with Gasteiger partial charge in [0.2, 0.25) is 0 Å². The van der Waals surface area contributed by atoms with Crippen molar-refractivity contribution >= 4 is 0 Å². The second-order valence-electron chi connectivity index (χ2n) is 3.03. The normalized spacial score (nSPS) is 14.1. The molecular formula is C9H9F4N. The van der Waals surface area contributed by atoms with Gasteiger partial charge in [-0.2, -0.15) is 13.2 Å². The highest BCUT2D eigenvalue weighted by Crippen LogP contribution is 2.30. The molecule has 0 aromatic heterocycles. The molecule has 0 bridgehead atoms. The van der Waals surface area contributed by atoms with Crippen LogP contribution in [0.1, 0.15) is 17.2 Å². The van der Waals surface area contributed by atoms with E-state index in [4.69, 9.17) is 5.73 Å². The summed E-state index contributed by atoms with van der Waals surface area (Å²) in [5.41, 5.74) is 4.93. The van der Waals surface area contributed by atoms with Gasteiger partial charge in [-0.1, -0.05) is 12.1 Å². The zero-order valence-electron chi connectivity index (χ0n) is 7.40. The van der Waals surface area contributed by atoms with Crippen molar-refractivity contribution in [2.75, 3.05) is 0 Å². The zero-order chi connectivity index (χ0) is 10.9. The average molecular weight is 207 g/mol. The van der Waals surface area contributed by atoms with Crippen LogP contribution < -0.4 is 5.73 Å². The summed E-state index contributed by atoms with van der Waals surface area (Å²) in [5, 5.41) is 0. The molecular weight excluding hydrogens is 198 g/mol. The Hall–Kier alpha value is -1.10. The predicted octanol–water partition coefficient (Wildman–Crippen LogP) is 2.70. The van der Waals surface area contributed by atoms with Crippen molar-refractivity contribution in [1.82, 2.24) is 0 Å². The maximum Gasteiger partial charge on any atom is 0.407 e. The van der Waals surface area contributed by atoms with Crippen molar-refractivity contribution in [3.05, 3.63) is 35.1 Å². The van der Waals surface area contributed by atoms with Crippen molar-refractivity contribution in [2.45, 2.75) is 19.1 Å². The summed E-state index contributed by atoms with van der Waals surface area (Å²) in [6.45, 7) is 1.47. The fourth-order valence-electron chi connectivity index (χ4n) is 0.992. The third-order valence-electron chi connectivity index (χ3n) is 1.91. The number of hydrogen-bond donors (Lipinski definition) is 1. The Bertz CT molecular complexity index is 332. The van der Waals surface area contributed by atoms with Gasteiger partial charge in [0.15, 0.2) is 0 Å². The standard InChI is InChI=1S/C9H9F4N/c1-5-2-3-6(4-7(5)10)8(14)9(11,12)13/h2-4,8H,14H2,1H3/t8-/m1/s1. The summed E-state index contributed by atoms with van der Waals surface area (Å²) >= 11 is 0. The van der Waals surface area contributed by atoms with Crippen LogP contribution in [0.25, 0.3) is 0 Å². The van der Waals surface area contributed by atoms with E-state index in [0.29, 0.717) is 5.56 Å². The third-order valence-corrected chi connectivity index (χ3v) is 1.91. The Labute approximate surface area is 78.5 Å². The molecule has 5 heteroatoms. The number of hydrogen-bond acceptors (Lipinski definition) is 1. The molecule has 0 fully saturated rings. The molecule has 2 N–H and O–H groups in total. The topological polar surface area (TPSA) is 26.0 Å². The van der Waals surface area contributed by atoms with Gasteiger partial charge < -0.3 is 5.73 Å². The highest BCUT2D eigenvalue weighted by Gasteiger charge is 2.37. The molecule has 78 valence electrons. The van der Waals surface area contributed by atoms with E-state index in [1.807, 2.05) is 0 Å². The van der Waals surface area contributed by atoms with Crippen LogP contribution in [0.15, 0.2) is 18.2 Å². The maximum atomic E-state index is 12.9. The number of benzene rings is 1. The molecule has 0 heterocycles. The van der Waals surface area contributed by atoms with E-state index < -0.39 is 18.0 Å². The Morgan fingerprint density at radius 3 is 2.29 bits per heavy atom. The van der Waals surface area contributed by atoms with Gasteiger partial charge in [-0.15, -0.1) is 0 Å². The summed E-state index contributed by atoms with van der Waals surface area (Å²) in [7, 11) is 0. The lowest BCUT2D eigenvalue weighted by molar-refractivity contribution is -0.149. The molecule has 1 aromatic rings. The molecule has 14 heavy (non-hydrogen) atoms. The monoisotopic (exact) mass is 207 g/mol. The maximum absolute atomic E-state index is 12.9. The van der Waals surface area contributed by atoms with Crippen molar-refractivity contribution in [2.24, 2.45) is 5.73 Å².